The predicted octanol–water partition coefficient (Wildman–Crippen LogP) is 3.48. The van der Waals surface area contributed by atoms with Crippen LogP contribution in [0.5, 0.6) is 0 Å². The van der Waals surface area contributed by atoms with Crippen molar-refractivity contribution in [3.8, 4) is 0 Å². The van der Waals surface area contributed by atoms with E-state index in [1.807, 2.05) is 35.2 Å². The molecule has 9 nitrogen and oxygen atoms in total. The number of thiocarbonyl (C=S) groups is 1. The smallest absolute Gasteiger partial charge is 0.416 e. The van der Waals surface area contributed by atoms with Crippen LogP contribution in [-0.2, 0) is 9.47 Å². The summed E-state index contributed by atoms with van der Waals surface area (Å²) >= 11 is 5.09. The zero-order valence-electron chi connectivity index (χ0n) is 20.5. The number of halogens is 1. The number of benzene rings is 2. The summed E-state index contributed by atoms with van der Waals surface area (Å²) in [6.45, 7) is 2.06. The number of pyridine rings is 1. The van der Waals surface area contributed by atoms with Crippen LogP contribution in [0.3, 0.4) is 0 Å². The molecule has 1 unspecified atom stereocenters. The first-order valence-electron chi connectivity index (χ1n) is 11.8. The first-order chi connectivity index (χ1) is 17.9. The van der Waals surface area contributed by atoms with Gasteiger partial charge in [-0.3, -0.25) is 19.6 Å². The number of piperazine rings is 1. The van der Waals surface area contributed by atoms with Crippen LogP contribution in [0.25, 0.3) is 10.9 Å². The predicted molar refractivity (Wildman–Crippen MR) is 141 cm³/mol. The Kier molecular flexibility index (Phi) is 6.79. The number of para-hydroxylation sites is 1. The van der Waals surface area contributed by atoms with Crippen LogP contribution in [0, 0.1) is 5.82 Å². The topological polar surface area (TPSA) is 78.5 Å². The molecular weight excluding hydrogens is 497 g/mol. The van der Waals surface area contributed by atoms with Crippen molar-refractivity contribution >= 4 is 51.7 Å². The fourth-order valence-electron chi connectivity index (χ4n) is 4.56. The van der Waals surface area contributed by atoms with Crippen molar-refractivity contribution in [2.45, 2.75) is 6.23 Å². The molecule has 3 heterocycles. The summed E-state index contributed by atoms with van der Waals surface area (Å²) < 4.78 is 25.5. The van der Waals surface area contributed by atoms with Gasteiger partial charge in [-0.25, -0.2) is 9.18 Å². The largest absolute Gasteiger partial charge is 0.474 e. The highest BCUT2D eigenvalue weighted by molar-refractivity contribution is 7.80. The van der Waals surface area contributed by atoms with Gasteiger partial charge in [0.25, 0.3) is 11.1 Å². The lowest BCUT2D eigenvalue weighted by atomic mass is 10.1. The van der Waals surface area contributed by atoms with Gasteiger partial charge in [0.1, 0.15) is 5.82 Å². The second-order valence-corrected chi connectivity index (χ2v) is 9.21. The number of fused-ring (bicyclic) bond motifs is 1. The van der Waals surface area contributed by atoms with Crippen molar-refractivity contribution in [1.82, 2.24) is 14.8 Å². The summed E-state index contributed by atoms with van der Waals surface area (Å²) in [6, 6.07) is 14.2. The minimum Gasteiger partial charge on any atom is -0.474 e. The lowest BCUT2D eigenvalue weighted by Gasteiger charge is -2.36. The van der Waals surface area contributed by atoms with E-state index in [2.05, 4.69) is 4.98 Å². The molecular formula is C26H26FN5O4S. The number of cyclic esters (lactones) is 1. The Labute approximate surface area is 219 Å². The normalized spacial score (nSPS) is 17.6. The Morgan fingerprint density at radius 3 is 2.65 bits per heavy atom. The number of aromatic nitrogens is 1. The monoisotopic (exact) mass is 523 g/mol. The molecule has 37 heavy (non-hydrogen) atoms. The van der Waals surface area contributed by atoms with Crippen LogP contribution in [0.15, 0.2) is 54.7 Å². The summed E-state index contributed by atoms with van der Waals surface area (Å²) in [7, 11) is 3.11. The molecule has 1 atom stereocenters. The maximum Gasteiger partial charge on any atom is 0.416 e. The first-order valence-corrected chi connectivity index (χ1v) is 12.2. The lowest BCUT2D eigenvalue weighted by molar-refractivity contribution is 0.0677. The van der Waals surface area contributed by atoms with E-state index in [1.165, 1.54) is 23.0 Å². The van der Waals surface area contributed by atoms with Crippen LogP contribution in [-0.4, -0.2) is 85.1 Å². The van der Waals surface area contributed by atoms with Crippen LogP contribution in [0.2, 0.25) is 0 Å². The minimum atomic E-state index is -0.633. The third kappa shape index (κ3) is 4.86. The zero-order chi connectivity index (χ0) is 26.1. The SMILES string of the molecule is COC(=S)N(C)C1CN(c2ccc(N3CCN(C(=O)c4cnc5ccccc5c4)CC3)c(F)c2)C(=O)O1. The average molecular weight is 524 g/mol. The molecule has 0 aliphatic carbocycles. The molecule has 2 saturated heterocycles. The van der Waals surface area contributed by atoms with E-state index < -0.39 is 18.1 Å². The van der Waals surface area contributed by atoms with Gasteiger partial charge in [-0.1, -0.05) is 18.2 Å². The number of methoxy groups -OCH3 is 1. The Bertz CT molecular complexity index is 1360. The van der Waals surface area contributed by atoms with Gasteiger partial charge in [0.2, 0.25) is 0 Å². The molecule has 3 aromatic rings. The van der Waals surface area contributed by atoms with Crippen molar-refractivity contribution in [2.24, 2.45) is 0 Å². The van der Waals surface area contributed by atoms with Crippen molar-refractivity contribution in [2.75, 3.05) is 56.7 Å². The lowest BCUT2D eigenvalue weighted by Crippen LogP contribution is -2.49. The van der Waals surface area contributed by atoms with E-state index in [1.54, 1.807) is 30.3 Å². The first kappa shape index (κ1) is 24.7. The fourth-order valence-corrected chi connectivity index (χ4v) is 4.68. The maximum absolute atomic E-state index is 15.2. The number of hydrogen-bond donors (Lipinski definition) is 0. The molecule has 2 aliphatic heterocycles. The molecule has 5 rings (SSSR count). The number of ether oxygens (including phenoxy) is 2. The van der Waals surface area contributed by atoms with Crippen LogP contribution in [0.1, 0.15) is 10.4 Å². The van der Waals surface area contributed by atoms with Gasteiger partial charge in [0, 0.05) is 44.8 Å². The van der Waals surface area contributed by atoms with Gasteiger partial charge in [-0.2, -0.15) is 0 Å². The summed E-state index contributed by atoms with van der Waals surface area (Å²) in [5, 5.41) is 1.10. The molecule has 0 saturated carbocycles. The number of likely N-dealkylation sites (N-methyl/N-ethyl adjacent to an activating group) is 1. The summed E-state index contributed by atoms with van der Waals surface area (Å²) in [5.41, 5.74) is 2.19. The van der Waals surface area contributed by atoms with Crippen molar-refractivity contribution in [1.29, 1.82) is 0 Å². The Hall–Kier alpha value is -3.99. The Morgan fingerprint density at radius 1 is 1.16 bits per heavy atom. The molecule has 1 aromatic heterocycles. The van der Waals surface area contributed by atoms with Crippen LogP contribution < -0.4 is 9.80 Å². The Morgan fingerprint density at radius 2 is 1.92 bits per heavy atom. The van der Waals surface area contributed by atoms with Crippen molar-refractivity contribution in [3.63, 3.8) is 0 Å². The van der Waals surface area contributed by atoms with E-state index in [9.17, 15) is 9.59 Å². The number of carbonyl (C=O) groups is 2. The number of amides is 2. The van der Waals surface area contributed by atoms with Crippen molar-refractivity contribution < 1.29 is 23.5 Å². The van der Waals surface area contributed by atoms with Gasteiger partial charge in [-0.05, 0) is 42.5 Å². The van der Waals surface area contributed by atoms with Crippen LogP contribution >= 0.6 is 12.2 Å². The van der Waals surface area contributed by atoms with Crippen LogP contribution in [0.4, 0.5) is 20.6 Å². The molecule has 0 spiro atoms. The summed E-state index contributed by atoms with van der Waals surface area (Å²) in [5.74, 6) is -0.540. The van der Waals surface area contributed by atoms with Gasteiger partial charge < -0.3 is 19.3 Å². The molecule has 0 bridgehead atoms. The van der Waals surface area contributed by atoms with E-state index in [4.69, 9.17) is 21.7 Å². The van der Waals surface area contributed by atoms with E-state index in [0.717, 1.165) is 10.9 Å². The quantitative estimate of drug-likeness (QED) is 0.481. The molecule has 2 fully saturated rings. The summed E-state index contributed by atoms with van der Waals surface area (Å²) in [6.07, 6.45) is 0.383. The van der Waals surface area contributed by atoms with E-state index in [0.29, 0.717) is 43.1 Å². The molecule has 0 radical (unpaired) electrons. The molecule has 192 valence electrons. The highest BCUT2D eigenvalue weighted by Crippen LogP contribution is 2.29. The third-order valence-electron chi connectivity index (χ3n) is 6.68. The van der Waals surface area contributed by atoms with Crippen molar-refractivity contribution in [3.05, 3.63) is 66.1 Å². The number of nitrogens with zero attached hydrogens (tertiary/aromatic N) is 5. The zero-order valence-corrected chi connectivity index (χ0v) is 21.3. The van der Waals surface area contributed by atoms with Gasteiger partial charge in [0.15, 0.2) is 6.23 Å². The number of anilines is 2. The summed E-state index contributed by atoms with van der Waals surface area (Å²) in [4.78, 5) is 36.4. The fraction of sp³-hybridized carbons (Fsp3) is 0.308. The number of hydrogen-bond acceptors (Lipinski definition) is 7. The minimum absolute atomic E-state index is 0.0891. The number of carbonyl (C=O) groups excluding carboxylic acids is 2. The van der Waals surface area contributed by atoms with Gasteiger partial charge in [-0.15, -0.1) is 0 Å². The highest BCUT2D eigenvalue weighted by Gasteiger charge is 2.36. The molecule has 2 aliphatic rings. The van der Waals surface area contributed by atoms with Gasteiger partial charge >= 0.3 is 6.09 Å². The number of rotatable bonds is 4. The average Bonchev–Trinajstić information content (AvgIpc) is 3.33. The highest BCUT2D eigenvalue weighted by atomic mass is 32.1. The maximum atomic E-state index is 15.2. The second-order valence-electron chi connectivity index (χ2n) is 8.86. The van der Waals surface area contributed by atoms with E-state index in [-0.39, 0.29) is 17.6 Å². The van der Waals surface area contributed by atoms with E-state index >= 15 is 4.39 Å². The molecule has 2 aromatic carbocycles. The molecule has 0 N–H and O–H groups in total. The standard InChI is InChI=1S/C26H26FN5O4S/c1-29(26(37)35-2)23-16-32(25(34)36-23)19-7-8-22(20(27)14-19)30-9-11-31(12-10-30)24(33)18-13-17-5-3-4-6-21(17)28-15-18/h3-8,13-15,23H,9-12,16H2,1-2H3. The second kappa shape index (κ2) is 10.2. The van der Waals surface area contributed by atoms with Gasteiger partial charge in [0.05, 0.1) is 36.1 Å². The molecule has 2 amide bonds. The Balaban J connectivity index is 1.23. The third-order valence-corrected chi connectivity index (χ3v) is 7.13. The molecule has 11 heteroatoms.